The summed E-state index contributed by atoms with van der Waals surface area (Å²) in [5.41, 5.74) is -4.97. The van der Waals surface area contributed by atoms with Gasteiger partial charge in [-0.25, -0.2) is 8.78 Å². The van der Waals surface area contributed by atoms with E-state index in [1.54, 1.807) is 43.8 Å². The largest absolute Gasteiger partial charge is 0.506 e. The second kappa shape index (κ2) is 11.0. The SMILES string of the molecule is C[C@]12C=CC(=O)CC1=C(F)C[C@H]1[C@@H]3C[C@H]4O[C@@H](c5ccc(CSc6ccc(O)c(Cl)c6)cc5)O[C@@]4(C(=O)CO)[C@@]3(C)C[C@H](O)[C@@]12F. The second-order valence-electron chi connectivity index (χ2n) is 13.7. The fraction of sp³-hybridized carbons (Fsp3) is 0.486. The first-order valence-corrected chi connectivity index (χ1v) is 16.8. The van der Waals surface area contributed by atoms with Crippen molar-refractivity contribution in [3.8, 4) is 5.75 Å². The molecule has 7 rings (SSSR count). The zero-order chi connectivity index (χ0) is 32.8. The Balaban J connectivity index is 1.17. The van der Waals surface area contributed by atoms with Crippen LogP contribution in [-0.4, -0.2) is 57.0 Å². The molecule has 0 aromatic heterocycles. The van der Waals surface area contributed by atoms with E-state index < -0.39 is 70.7 Å². The summed E-state index contributed by atoms with van der Waals surface area (Å²) in [4.78, 5) is 26.8. The number of alkyl halides is 1. The third kappa shape index (κ3) is 4.30. The van der Waals surface area contributed by atoms with Gasteiger partial charge in [0.05, 0.1) is 17.2 Å². The van der Waals surface area contributed by atoms with Gasteiger partial charge in [0.25, 0.3) is 0 Å². The summed E-state index contributed by atoms with van der Waals surface area (Å²) < 4.78 is 46.3. The maximum absolute atomic E-state index is 17.6. The number of aromatic hydroxyl groups is 1. The van der Waals surface area contributed by atoms with Crippen LogP contribution in [0.15, 0.2) is 70.9 Å². The van der Waals surface area contributed by atoms with E-state index in [1.165, 1.54) is 12.2 Å². The molecule has 2 aromatic carbocycles. The third-order valence-corrected chi connectivity index (χ3v) is 12.9. The minimum absolute atomic E-state index is 0.0197. The summed E-state index contributed by atoms with van der Waals surface area (Å²) in [6.45, 7) is 2.46. The van der Waals surface area contributed by atoms with Gasteiger partial charge in [-0.05, 0) is 61.1 Å². The topological polar surface area (TPSA) is 113 Å². The number of hydrogen-bond acceptors (Lipinski definition) is 8. The summed E-state index contributed by atoms with van der Waals surface area (Å²) in [7, 11) is 0. The highest BCUT2D eigenvalue weighted by Gasteiger charge is 2.79. The first kappa shape index (κ1) is 32.0. The molecular weight excluding hydrogens is 638 g/mol. The lowest BCUT2D eigenvalue weighted by molar-refractivity contribution is -0.229. The first-order chi connectivity index (χ1) is 21.8. The summed E-state index contributed by atoms with van der Waals surface area (Å²) in [6, 6.07) is 12.5. The lowest BCUT2D eigenvalue weighted by Gasteiger charge is -2.62. The number of Topliss-reactive ketones (excluding diaryl/α,β-unsaturated/α-hetero) is 1. The normalized spacial score (nSPS) is 39.5. The molecule has 3 N–H and O–H groups in total. The Morgan fingerprint density at radius 1 is 1.15 bits per heavy atom. The van der Waals surface area contributed by atoms with E-state index in [0.717, 1.165) is 10.5 Å². The molecule has 1 aliphatic heterocycles. The lowest BCUT2D eigenvalue weighted by Crippen LogP contribution is -2.69. The van der Waals surface area contributed by atoms with Crippen molar-refractivity contribution in [3.05, 3.63) is 82.2 Å². The van der Waals surface area contributed by atoms with Gasteiger partial charge in [0.15, 0.2) is 29.1 Å². The molecule has 2 saturated carbocycles. The van der Waals surface area contributed by atoms with Crippen molar-refractivity contribution in [2.24, 2.45) is 22.7 Å². The van der Waals surface area contributed by atoms with E-state index in [0.29, 0.717) is 11.3 Å². The first-order valence-electron chi connectivity index (χ1n) is 15.4. The number of benzene rings is 2. The molecule has 2 aromatic rings. The molecule has 11 heteroatoms. The molecular formula is C35H35ClF2O7S. The summed E-state index contributed by atoms with van der Waals surface area (Å²) in [6.07, 6.45) is -1.31. The number of fused-ring (bicyclic) bond motifs is 7. The van der Waals surface area contributed by atoms with Crippen molar-refractivity contribution in [1.82, 2.24) is 0 Å². The molecule has 1 saturated heterocycles. The Bertz CT molecular complexity index is 1680. The number of phenols is 1. The number of halogens is 3. The number of allylic oxidation sites excluding steroid dienone is 4. The van der Waals surface area contributed by atoms with Gasteiger partial charge in [-0.1, -0.05) is 48.9 Å². The number of aliphatic hydroxyl groups excluding tert-OH is 2. The molecule has 244 valence electrons. The number of carbonyl (C=O) groups excluding carboxylic acids is 2. The summed E-state index contributed by atoms with van der Waals surface area (Å²) in [5.74, 6) is -2.48. The molecule has 46 heavy (non-hydrogen) atoms. The maximum Gasteiger partial charge on any atom is 0.193 e. The highest BCUT2D eigenvalue weighted by Crippen LogP contribution is 2.72. The van der Waals surface area contributed by atoms with Crippen LogP contribution in [0.4, 0.5) is 8.78 Å². The Hall–Kier alpha value is -2.60. The van der Waals surface area contributed by atoms with Crippen LogP contribution < -0.4 is 0 Å². The van der Waals surface area contributed by atoms with Crippen LogP contribution in [0.5, 0.6) is 5.75 Å². The van der Waals surface area contributed by atoms with Crippen LogP contribution in [-0.2, 0) is 24.8 Å². The summed E-state index contributed by atoms with van der Waals surface area (Å²) >= 11 is 7.57. The van der Waals surface area contributed by atoms with Gasteiger partial charge in [0.2, 0.25) is 0 Å². The van der Waals surface area contributed by atoms with Crippen LogP contribution in [0.1, 0.15) is 56.9 Å². The van der Waals surface area contributed by atoms with E-state index in [-0.39, 0.29) is 47.8 Å². The van der Waals surface area contributed by atoms with Crippen LogP contribution in [0, 0.1) is 22.7 Å². The van der Waals surface area contributed by atoms with Crippen molar-refractivity contribution < 1.29 is 43.2 Å². The average Bonchev–Trinajstić information content (AvgIpc) is 3.53. The van der Waals surface area contributed by atoms with Gasteiger partial charge in [0, 0.05) is 45.8 Å². The molecule has 0 bridgehead atoms. The molecule has 0 unspecified atom stereocenters. The van der Waals surface area contributed by atoms with Crippen LogP contribution >= 0.6 is 23.4 Å². The Morgan fingerprint density at radius 2 is 1.89 bits per heavy atom. The van der Waals surface area contributed by atoms with Crippen molar-refractivity contribution in [2.45, 2.75) is 79.9 Å². The fourth-order valence-corrected chi connectivity index (χ4v) is 10.3. The average molecular weight is 673 g/mol. The number of ketones is 2. The van der Waals surface area contributed by atoms with E-state index in [2.05, 4.69) is 0 Å². The maximum atomic E-state index is 17.6. The van der Waals surface area contributed by atoms with Crippen LogP contribution in [0.2, 0.25) is 5.02 Å². The van der Waals surface area contributed by atoms with E-state index in [9.17, 15) is 24.9 Å². The smallest absolute Gasteiger partial charge is 0.193 e. The zero-order valence-electron chi connectivity index (χ0n) is 25.3. The van der Waals surface area contributed by atoms with Gasteiger partial charge >= 0.3 is 0 Å². The number of hydrogen-bond donors (Lipinski definition) is 3. The minimum Gasteiger partial charge on any atom is -0.506 e. The quantitative estimate of drug-likeness (QED) is 0.305. The number of carbonyl (C=O) groups is 2. The molecule has 0 spiro atoms. The van der Waals surface area contributed by atoms with Crippen LogP contribution in [0.25, 0.3) is 0 Å². The third-order valence-electron chi connectivity index (χ3n) is 11.5. The molecule has 9 atom stereocenters. The highest BCUT2D eigenvalue weighted by molar-refractivity contribution is 7.98. The zero-order valence-corrected chi connectivity index (χ0v) is 26.9. The Morgan fingerprint density at radius 3 is 2.59 bits per heavy atom. The number of rotatable bonds is 6. The predicted octanol–water partition coefficient (Wildman–Crippen LogP) is 6.33. The molecule has 4 aliphatic carbocycles. The number of phenolic OH excluding ortho intramolecular Hbond substituents is 1. The second-order valence-corrected chi connectivity index (χ2v) is 15.1. The van der Waals surface area contributed by atoms with Gasteiger partial charge in [-0.2, -0.15) is 0 Å². The predicted molar refractivity (Wildman–Crippen MR) is 166 cm³/mol. The minimum atomic E-state index is -2.29. The molecule has 1 heterocycles. The van der Waals surface area contributed by atoms with Crippen molar-refractivity contribution in [2.75, 3.05) is 6.61 Å². The van der Waals surface area contributed by atoms with E-state index in [1.807, 2.05) is 24.3 Å². The molecule has 7 nitrogen and oxygen atoms in total. The van der Waals surface area contributed by atoms with Gasteiger partial charge in [-0.3, -0.25) is 9.59 Å². The van der Waals surface area contributed by atoms with Gasteiger partial charge in [0.1, 0.15) is 18.2 Å². The lowest BCUT2D eigenvalue weighted by atomic mass is 9.45. The standard InChI is InChI=1S/C35H35ClF2O7S/c1-32-10-9-20(40)11-24(32)26(37)13-23-22-14-30-35(29(43)16-39,33(22,2)15-28(42)34(23,32)38)45-31(44-30)19-5-3-18(4-6-19)17-46-21-7-8-27(41)25(36)12-21/h3-10,12,22-23,28,30-31,39,41-42H,11,13-17H2,1-2H3/t22-,23-,28-,30+,31+,32-,33-,34-,35+/m0/s1. The van der Waals surface area contributed by atoms with Gasteiger partial charge in [-0.15, -0.1) is 11.8 Å². The fourth-order valence-electron chi connectivity index (χ4n) is 9.20. The Labute approximate surface area is 274 Å². The molecule has 0 radical (unpaired) electrons. The Kier molecular flexibility index (Phi) is 7.62. The molecule has 5 aliphatic rings. The molecule has 0 amide bonds. The van der Waals surface area contributed by atoms with Crippen LogP contribution in [0.3, 0.4) is 0 Å². The van der Waals surface area contributed by atoms with Crippen molar-refractivity contribution in [1.29, 1.82) is 0 Å². The highest BCUT2D eigenvalue weighted by atomic mass is 35.5. The number of aliphatic hydroxyl groups is 2. The van der Waals surface area contributed by atoms with Crippen molar-refractivity contribution >= 4 is 34.9 Å². The van der Waals surface area contributed by atoms with E-state index in [4.69, 9.17) is 21.1 Å². The molecule has 3 fully saturated rings. The van der Waals surface area contributed by atoms with Gasteiger partial charge < -0.3 is 24.8 Å². The monoisotopic (exact) mass is 672 g/mol. The van der Waals surface area contributed by atoms with Crippen molar-refractivity contribution in [3.63, 3.8) is 0 Å². The number of thioether (sulfide) groups is 1. The number of ether oxygens (including phenoxy) is 2. The van der Waals surface area contributed by atoms with E-state index >= 15 is 8.78 Å². The summed E-state index contributed by atoms with van der Waals surface area (Å²) in [5, 5.41) is 31.8.